The van der Waals surface area contributed by atoms with Crippen LogP contribution >= 0.6 is 0 Å². The van der Waals surface area contributed by atoms with Gasteiger partial charge < -0.3 is 14.2 Å². The van der Waals surface area contributed by atoms with Gasteiger partial charge in [0.15, 0.2) is 0 Å². The van der Waals surface area contributed by atoms with E-state index in [4.69, 9.17) is 14.2 Å². The van der Waals surface area contributed by atoms with E-state index in [2.05, 4.69) is 9.88 Å². The molecule has 1 aliphatic heterocycles. The number of esters is 1. The first-order valence-electron chi connectivity index (χ1n) is 11.7. The Bertz CT molecular complexity index is 1260. The van der Waals surface area contributed by atoms with Crippen LogP contribution < -0.4 is 4.74 Å². The molecule has 0 radical (unpaired) electrons. The summed E-state index contributed by atoms with van der Waals surface area (Å²) in [6.07, 6.45) is 0.519. The van der Waals surface area contributed by atoms with E-state index in [9.17, 15) is 19.7 Å². The van der Waals surface area contributed by atoms with Crippen molar-refractivity contribution >= 4 is 28.8 Å². The summed E-state index contributed by atoms with van der Waals surface area (Å²) < 4.78 is 16.5. The summed E-state index contributed by atoms with van der Waals surface area (Å²) in [7, 11) is 0. The van der Waals surface area contributed by atoms with Crippen molar-refractivity contribution < 1.29 is 28.7 Å². The number of hydrogen-bond donors (Lipinski definition) is 0. The van der Waals surface area contributed by atoms with E-state index in [0.29, 0.717) is 29.9 Å². The highest BCUT2D eigenvalue weighted by atomic mass is 16.6. The number of ether oxygens (including phenoxy) is 3. The van der Waals surface area contributed by atoms with Crippen LogP contribution in [0.1, 0.15) is 34.5 Å². The van der Waals surface area contributed by atoms with Gasteiger partial charge in [0.2, 0.25) is 0 Å². The van der Waals surface area contributed by atoms with Gasteiger partial charge in [-0.2, -0.15) is 0 Å². The quantitative estimate of drug-likeness (QED) is 0.181. The summed E-state index contributed by atoms with van der Waals surface area (Å²) in [5.74, 6) is -1.08. The second-order valence-corrected chi connectivity index (χ2v) is 8.27. The molecule has 188 valence electrons. The van der Waals surface area contributed by atoms with Gasteiger partial charge in [-0.05, 0) is 31.2 Å². The van der Waals surface area contributed by atoms with Gasteiger partial charge in [-0.15, -0.1) is 0 Å². The highest BCUT2D eigenvalue weighted by Crippen LogP contribution is 2.34. The molecule has 1 aromatic heterocycles. The van der Waals surface area contributed by atoms with Gasteiger partial charge in [-0.3, -0.25) is 29.6 Å². The third-order valence-electron chi connectivity index (χ3n) is 5.98. The second kappa shape index (κ2) is 11.7. The Labute approximate surface area is 207 Å². The molecule has 3 aromatic rings. The van der Waals surface area contributed by atoms with Gasteiger partial charge in [0.25, 0.3) is 5.69 Å². The van der Waals surface area contributed by atoms with Crippen LogP contribution in [0.5, 0.6) is 5.75 Å². The number of nitro benzene ring substituents is 1. The molecule has 1 saturated heterocycles. The Hall–Kier alpha value is -3.89. The van der Waals surface area contributed by atoms with Gasteiger partial charge in [-0.25, -0.2) is 0 Å². The molecule has 2 aromatic carbocycles. The van der Waals surface area contributed by atoms with Crippen LogP contribution in [0.4, 0.5) is 5.69 Å². The monoisotopic (exact) mass is 493 g/mol. The van der Waals surface area contributed by atoms with Crippen molar-refractivity contribution in [2.24, 2.45) is 0 Å². The van der Waals surface area contributed by atoms with Crippen LogP contribution in [-0.2, 0) is 14.3 Å². The van der Waals surface area contributed by atoms with Gasteiger partial charge in [0, 0.05) is 36.7 Å². The van der Waals surface area contributed by atoms with Gasteiger partial charge in [0.1, 0.15) is 24.6 Å². The van der Waals surface area contributed by atoms with E-state index in [-0.39, 0.29) is 23.4 Å². The average molecular weight is 494 g/mol. The van der Waals surface area contributed by atoms with Crippen molar-refractivity contribution in [2.45, 2.75) is 12.8 Å². The van der Waals surface area contributed by atoms with Gasteiger partial charge >= 0.3 is 5.97 Å². The summed E-state index contributed by atoms with van der Waals surface area (Å²) in [5.41, 5.74) is 0.821. The molecule has 0 aliphatic carbocycles. The number of nitro groups is 1. The van der Waals surface area contributed by atoms with E-state index >= 15 is 0 Å². The summed E-state index contributed by atoms with van der Waals surface area (Å²) in [6, 6.07) is 12.9. The highest BCUT2D eigenvalue weighted by molar-refractivity contribution is 5.87. The number of nitrogens with zero attached hydrogens (tertiary/aromatic N) is 3. The fraction of sp³-hybridized carbons (Fsp3) is 0.346. The zero-order valence-corrected chi connectivity index (χ0v) is 19.9. The molecule has 0 bridgehead atoms. The maximum absolute atomic E-state index is 12.9. The predicted molar refractivity (Wildman–Crippen MR) is 131 cm³/mol. The molecule has 4 rings (SSSR count). The van der Waals surface area contributed by atoms with Crippen molar-refractivity contribution in [3.8, 4) is 5.75 Å². The number of pyridine rings is 1. The Balaban J connectivity index is 1.60. The third-order valence-corrected chi connectivity index (χ3v) is 5.98. The summed E-state index contributed by atoms with van der Waals surface area (Å²) in [6.45, 7) is 6.38. The minimum atomic E-state index is -1.13. The van der Waals surface area contributed by atoms with Crippen LogP contribution in [0, 0.1) is 10.1 Å². The number of fused-ring (bicyclic) bond motifs is 1. The molecule has 10 nitrogen and oxygen atoms in total. The lowest BCUT2D eigenvalue weighted by atomic mass is 9.92. The Kier molecular flexibility index (Phi) is 8.19. The third kappa shape index (κ3) is 5.84. The number of carbonyl (C=O) groups excluding carboxylic acids is 2. The summed E-state index contributed by atoms with van der Waals surface area (Å²) >= 11 is 0. The normalized spacial score (nSPS) is 14.8. The lowest BCUT2D eigenvalue weighted by Gasteiger charge is -2.26. The van der Waals surface area contributed by atoms with Crippen molar-refractivity contribution in [1.82, 2.24) is 9.88 Å². The van der Waals surface area contributed by atoms with Gasteiger partial charge in [0.05, 0.1) is 41.5 Å². The number of aldehydes is 1. The zero-order valence-electron chi connectivity index (χ0n) is 19.9. The fourth-order valence-corrected chi connectivity index (χ4v) is 4.16. The smallest absolute Gasteiger partial charge is 0.319 e. The molecule has 0 N–H and O–H groups in total. The molecular weight excluding hydrogens is 466 g/mol. The number of aromatic nitrogens is 1. The average Bonchev–Trinajstić information content (AvgIpc) is 2.89. The first-order chi connectivity index (χ1) is 17.5. The zero-order chi connectivity index (χ0) is 25.5. The van der Waals surface area contributed by atoms with E-state index in [1.807, 2.05) is 6.07 Å². The molecule has 36 heavy (non-hydrogen) atoms. The molecule has 1 aliphatic rings. The van der Waals surface area contributed by atoms with Crippen molar-refractivity contribution in [3.05, 3.63) is 75.5 Å². The molecule has 2 heterocycles. The molecule has 0 amide bonds. The van der Waals surface area contributed by atoms with Crippen molar-refractivity contribution in [1.29, 1.82) is 0 Å². The Morgan fingerprint density at radius 2 is 2.00 bits per heavy atom. The number of hydrogen-bond acceptors (Lipinski definition) is 9. The minimum Gasteiger partial charge on any atom is -0.492 e. The molecule has 1 unspecified atom stereocenters. The molecule has 10 heteroatoms. The van der Waals surface area contributed by atoms with Crippen LogP contribution in [0.2, 0.25) is 0 Å². The van der Waals surface area contributed by atoms with Crippen LogP contribution in [0.25, 0.3) is 10.9 Å². The maximum atomic E-state index is 12.9. The topological polar surface area (TPSA) is 121 Å². The number of rotatable bonds is 10. The maximum Gasteiger partial charge on any atom is 0.319 e. The first kappa shape index (κ1) is 25.2. The van der Waals surface area contributed by atoms with E-state index < -0.39 is 16.8 Å². The molecular formula is C26H27N3O7. The number of benzene rings is 2. The van der Waals surface area contributed by atoms with E-state index in [0.717, 1.165) is 44.3 Å². The predicted octanol–water partition coefficient (Wildman–Crippen LogP) is 3.36. The lowest BCUT2D eigenvalue weighted by molar-refractivity contribution is -0.385. The SMILES string of the molecule is CCOC(=O)C(c1ccc2cc(OCCN3CCOCC3)ccc2n1)c1ccc(C=O)cc1[N+](=O)[O-]. The highest BCUT2D eigenvalue weighted by Gasteiger charge is 2.32. The summed E-state index contributed by atoms with van der Waals surface area (Å²) in [4.78, 5) is 42.1. The Morgan fingerprint density at radius 1 is 1.19 bits per heavy atom. The lowest BCUT2D eigenvalue weighted by Crippen LogP contribution is -2.38. The number of morpholine rings is 1. The second-order valence-electron chi connectivity index (χ2n) is 8.27. The Morgan fingerprint density at radius 3 is 2.72 bits per heavy atom. The molecule has 1 atom stereocenters. The summed E-state index contributed by atoms with van der Waals surface area (Å²) in [5, 5.41) is 12.5. The fourth-order valence-electron chi connectivity index (χ4n) is 4.16. The van der Waals surface area contributed by atoms with Crippen LogP contribution in [-0.4, -0.2) is 73.1 Å². The van der Waals surface area contributed by atoms with Gasteiger partial charge in [-0.1, -0.05) is 18.2 Å². The molecule has 1 fully saturated rings. The van der Waals surface area contributed by atoms with Crippen LogP contribution in [0.15, 0.2) is 48.5 Å². The number of carbonyl (C=O) groups is 2. The standard InChI is InChI=1S/C26H27N3O7/c1-2-35-26(31)25(21-6-3-18(17-30)15-24(21)29(32)33)23-7-4-19-16-20(5-8-22(19)27-23)36-14-11-28-9-12-34-13-10-28/h3-8,15-17,25H,2,9-14H2,1H3. The molecule has 0 saturated carbocycles. The van der Waals surface area contributed by atoms with E-state index in [1.165, 1.54) is 12.1 Å². The van der Waals surface area contributed by atoms with Crippen molar-refractivity contribution in [2.75, 3.05) is 46.1 Å². The van der Waals surface area contributed by atoms with Crippen molar-refractivity contribution in [3.63, 3.8) is 0 Å². The minimum absolute atomic E-state index is 0.105. The first-order valence-corrected chi connectivity index (χ1v) is 11.7. The largest absolute Gasteiger partial charge is 0.492 e. The molecule has 0 spiro atoms. The van der Waals surface area contributed by atoms with Crippen LogP contribution in [0.3, 0.4) is 0 Å². The van der Waals surface area contributed by atoms with E-state index in [1.54, 1.807) is 31.2 Å².